The number of methoxy groups -OCH3 is 2. The number of fused-ring (bicyclic) bond motifs is 3. The number of terminal acetylenes is 1. The molecule has 1 heterocycles. The number of aliphatic hydroxyl groups excluding tert-OH is 1. The maximum atomic E-state index is 14.9. The van der Waals surface area contributed by atoms with Crippen molar-refractivity contribution in [1.29, 1.82) is 0 Å². The summed E-state index contributed by atoms with van der Waals surface area (Å²) in [5.74, 6) is -2.81. The molecule has 13 atom stereocenters. The first-order chi connectivity index (χ1) is 47.6. The number of carbonyl (C=O) groups is 9. The summed E-state index contributed by atoms with van der Waals surface area (Å²) in [6, 6.07) is 24.3. The van der Waals surface area contributed by atoms with Crippen molar-refractivity contribution in [3.63, 3.8) is 0 Å². The number of primary amides is 1. The molecule has 10 amide bonds. The minimum absolute atomic E-state index is 0.0216. The van der Waals surface area contributed by atoms with Crippen LogP contribution in [0.3, 0.4) is 0 Å². The maximum absolute atomic E-state index is 14.9. The monoisotopic (exact) mass is 1380 g/mol. The molecule has 1 aliphatic heterocycles. The fraction of sp³-hybridized carbons (Fsp3) is 0.539. The van der Waals surface area contributed by atoms with Gasteiger partial charge in [-0.3, -0.25) is 33.7 Å². The number of hydrogen-bond donors (Lipinski definition) is 8. The zero-order valence-corrected chi connectivity index (χ0v) is 60.5. The van der Waals surface area contributed by atoms with Gasteiger partial charge >= 0.3 is 18.2 Å². The summed E-state index contributed by atoms with van der Waals surface area (Å²) in [6.07, 6.45) is 2.68. The third-order valence-electron chi connectivity index (χ3n) is 19.3. The molecule has 24 nitrogen and oxygen atoms in total. The molecule has 4 aromatic rings. The van der Waals surface area contributed by atoms with Crippen molar-refractivity contribution in [3.05, 3.63) is 125 Å². The number of nitrogens with two attached hydrogens (primary N) is 1. The van der Waals surface area contributed by atoms with Crippen LogP contribution in [0.2, 0.25) is 0 Å². The lowest BCUT2D eigenvalue weighted by molar-refractivity contribution is -0.148. The molecule has 0 aromatic heterocycles. The second-order valence-electron chi connectivity index (χ2n) is 27.3. The van der Waals surface area contributed by atoms with Crippen molar-refractivity contribution in [3.8, 4) is 23.5 Å². The van der Waals surface area contributed by atoms with Crippen LogP contribution in [0, 0.1) is 41.9 Å². The molecule has 0 radical (unpaired) electrons. The number of amides is 10. The molecule has 100 heavy (non-hydrogen) atoms. The minimum atomic E-state index is -1.16. The highest BCUT2D eigenvalue weighted by Crippen LogP contribution is 2.44. The van der Waals surface area contributed by atoms with Crippen molar-refractivity contribution < 1.29 is 67.2 Å². The Morgan fingerprint density at radius 1 is 0.700 bits per heavy atom. The van der Waals surface area contributed by atoms with Gasteiger partial charge in [-0.15, -0.1) is 12.3 Å². The largest absolute Gasteiger partial charge is 0.449 e. The van der Waals surface area contributed by atoms with E-state index in [-0.39, 0.29) is 62.5 Å². The molecule has 544 valence electrons. The first kappa shape index (κ1) is 79.9. The Kier molecular flexibility index (Phi) is 30.3. The Bertz CT molecular complexity index is 3410. The lowest BCUT2D eigenvalue weighted by Gasteiger charge is -2.41. The molecule has 4 aromatic carbocycles. The van der Waals surface area contributed by atoms with E-state index in [2.05, 4.69) is 37.8 Å². The molecule has 6 rings (SSSR count). The first-order valence-electron chi connectivity index (χ1n) is 34.8. The van der Waals surface area contributed by atoms with Crippen LogP contribution in [0.25, 0.3) is 11.1 Å². The highest BCUT2D eigenvalue weighted by Gasteiger charge is 2.44. The summed E-state index contributed by atoms with van der Waals surface area (Å²) >= 11 is 0. The number of anilines is 1. The Hall–Kier alpha value is -9.05. The minimum Gasteiger partial charge on any atom is -0.449 e. The zero-order valence-electron chi connectivity index (χ0n) is 60.5. The van der Waals surface area contributed by atoms with Crippen LogP contribution in [-0.2, 0) is 47.7 Å². The van der Waals surface area contributed by atoms with E-state index in [0.29, 0.717) is 42.6 Å². The third kappa shape index (κ3) is 20.8. The normalized spacial score (nSPS) is 17.0. The molecule has 1 fully saturated rings. The van der Waals surface area contributed by atoms with Crippen molar-refractivity contribution in [2.45, 2.75) is 187 Å². The van der Waals surface area contributed by atoms with Gasteiger partial charge in [-0.2, -0.15) is 0 Å². The summed E-state index contributed by atoms with van der Waals surface area (Å²) in [7, 11) is 6.07. The highest BCUT2D eigenvalue weighted by atomic mass is 16.6. The molecular weight excluding hydrogens is 1280 g/mol. The fourth-order valence-corrected chi connectivity index (χ4v) is 13.6. The first-order valence-corrected chi connectivity index (χ1v) is 34.8. The predicted molar refractivity (Wildman–Crippen MR) is 382 cm³/mol. The molecular formula is C76H106N10O14. The van der Waals surface area contributed by atoms with E-state index < -0.39 is 132 Å². The Morgan fingerprint density at radius 2 is 1.31 bits per heavy atom. The molecule has 0 saturated carbocycles. The lowest BCUT2D eigenvalue weighted by Crippen LogP contribution is -2.60. The summed E-state index contributed by atoms with van der Waals surface area (Å²) in [5.41, 5.74) is 10.9. The molecule has 9 N–H and O–H groups in total. The van der Waals surface area contributed by atoms with E-state index in [9.17, 15) is 48.3 Å². The Labute approximate surface area is 589 Å². The molecule has 0 bridgehead atoms. The summed E-state index contributed by atoms with van der Waals surface area (Å²) in [6.45, 7) is 18.6. The van der Waals surface area contributed by atoms with E-state index >= 15 is 0 Å². The van der Waals surface area contributed by atoms with Crippen LogP contribution >= 0.6 is 0 Å². The second-order valence-corrected chi connectivity index (χ2v) is 27.3. The number of nitrogens with zero attached hydrogens (tertiary/aromatic N) is 3. The van der Waals surface area contributed by atoms with E-state index in [1.165, 1.54) is 21.3 Å². The highest BCUT2D eigenvalue weighted by molar-refractivity contribution is 5.98. The van der Waals surface area contributed by atoms with Gasteiger partial charge in [0.15, 0.2) is 0 Å². The van der Waals surface area contributed by atoms with Crippen LogP contribution in [0.5, 0.6) is 0 Å². The predicted octanol–water partition coefficient (Wildman–Crippen LogP) is 8.58. The van der Waals surface area contributed by atoms with Crippen LogP contribution in [0.4, 0.5) is 20.1 Å². The SMILES string of the molecule is C#CCC(OC(=O)N(C)[C@H](C(=O)N[C@H](C(=O)N(C)[C@H]([C@H](CC(=O)N1CCC[C@H]1[C@H](OC)[C@@H](C)C(=O)N[C@@H](C)[C@H](O)c1ccccc1)OC)[C@@H](C)CC)C(C)C)C(C)C)c1ccc(NC(=O)[C@H](CCCNC(N)=O)NC(=O)[C@@H](NC(=O)OCC2c3ccccc3-c3ccccc32)C(C)C)cc1. The van der Waals surface area contributed by atoms with Gasteiger partial charge < -0.3 is 71.5 Å². The van der Waals surface area contributed by atoms with E-state index in [4.69, 9.17) is 31.1 Å². The number of benzene rings is 4. The van der Waals surface area contributed by atoms with Gasteiger partial charge in [-0.05, 0) is 102 Å². The Balaban J connectivity index is 1.08. The van der Waals surface area contributed by atoms with Crippen molar-refractivity contribution in [2.75, 3.05) is 53.3 Å². The van der Waals surface area contributed by atoms with Gasteiger partial charge in [0.25, 0.3) is 0 Å². The maximum Gasteiger partial charge on any atom is 0.410 e. The van der Waals surface area contributed by atoms with Crippen molar-refractivity contribution in [1.82, 2.24) is 41.3 Å². The smallest absolute Gasteiger partial charge is 0.410 e. The van der Waals surface area contributed by atoms with Gasteiger partial charge in [-0.1, -0.05) is 160 Å². The topological polar surface area (TPSA) is 319 Å². The van der Waals surface area contributed by atoms with Gasteiger partial charge in [-0.25, -0.2) is 14.4 Å². The molecule has 0 spiro atoms. The van der Waals surface area contributed by atoms with Crippen molar-refractivity contribution >= 4 is 59.3 Å². The second kappa shape index (κ2) is 37.9. The van der Waals surface area contributed by atoms with Crippen LogP contribution < -0.4 is 37.6 Å². The van der Waals surface area contributed by atoms with Crippen LogP contribution in [-0.4, -0.2) is 176 Å². The average Bonchev–Trinajstić information content (AvgIpc) is 1.61. The molecule has 1 aliphatic carbocycles. The number of ether oxygens (including phenoxy) is 4. The fourth-order valence-electron chi connectivity index (χ4n) is 13.6. The zero-order chi connectivity index (χ0) is 73.7. The van der Waals surface area contributed by atoms with Crippen LogP contribution in [0.15, 0.2) is 103 Å². The van der Waals surface area contributed by atoms with Crippen LogP contribution in [0.1, 0.15) is 155 Å². The molecule has 1 unspecified atom stereocenters. The van der Waals surface area contributed by atoms with E-state index in [1.54, 1.807) is 109 Å². The van der Waals surface area contributed by atoms with Gasteiger partial charge in [0.05, 0.1) is 55.2 Å². The number of urea groups is 1. The van der Waals surface area contributed by atoms with Gasteiger partial charge in [0.2, 0.25) is 35.4 Å². The average molecular weight is 1380 g/mol. The lowest BCUT2D eigenvalue weighted by atomic mass is 9.89. The number of likely N-dealkylation sites (N-methyl/N-ethyl adjacent to an activating group) is 2. The molecule has 1 saturated heterocycles. The summed E-state index contributed by atoms with van der Waals surface area (Å²) in [5, 5.41) is 27.7. The third-order valence-corrected chi connectivity index (χ3v) is 19.3. The van der Waals surface area contributed by atoms with Gasteiger partial charge in [0, 0.05) is 53.0 Å². The number of likely N-dealkylation sites (tertiary alicyclic amines) is 1. The quantitative estimate of drug-likeness (QED) is 0.0158. The standard InChI is InChI=1S/C76H106N10O14/c1-16-27-60(50-36-38-52(39-37-50)80-70(90)58(34-25-40-78-74(77)94)81-71(91)63(44(3)4)83-75(95)99-43-57-55-32-23-21-30-53(55)54-31-22-24-33-56(54)57)100-76(96)85(13)65(46(7)8)72(92)82-64(45(5)6)73(93)84(12)66(47(9)17-2)61(97-14)42-62(87)86-41-26-35-59(86)68(98-15)48(10)69(89)79-49(11)67(88)51-28-19-18-20-29-51/h1,18-24,28-33,36-39,44-49,57-61,63-68,88H,17,25-27,34-35,40-43H2,2-15H3,(H,79,89)(H,80,90)(H,81,91)(H,82,92)(H,83,95)(H3,77,78,94)/t47-,48+,49-,58-,59-,60?,61-,63-,64-,65-,66-,67-,68+/m0/s1. The number of hydrogen-bond acceptors (Lipinski definition) is 14. The van der Waals surface area contributed by atoms with E-state index in [1.807, 2.05) is 80.6 Å². The summed E-state index contributed by atoms with van der Waals surface area (Å²) < 4.78 is 23.9. The molecule has 24 heteroatoms. The number of rotatable bonds is 35. The molecule has 2 aliphatic rings. The van der Waals surface area contributed by atoms with Crippen molar-refractivity contribution in [2.24, 2.45) is 35.3 Å². The Morgan fingerprint density at radius 3 is 1.87 bits per heavy atom. The van der Waals surface area contributed by atoms with Gasteiger partial charge in [0.1, 0.15) is 36.9 Å². The summed E-state index contributed by atoms with van der Waals surface area (Å²) in [4.78, 5) is 130. The number of nitrogens with one attached hydrogen (secondary N) is 6. The number of alkyl carbamates (subject to hydrolysis) is 1. The number of carbonyl (C=O) groups excluding carboxylic acids is 9. The van der Waals surface area contributed by atoms with E-state index in [0.717, 1.165) is 27.2 Å². The number of aliphatic hydroxyl groups is 1.